The van der Waals surface area contributed by atoms with Crippen molar-refractivity contribution in [2.75, 3.05) is 0 Å². The van der Waals surface area contributed by atoms with Crippen LogP contribution < -0.4 is 5.73 Å². The maximum Gasteiger partial charge on any atom is 0.308 e. The Labute approximate surface area is 66.6 Å². The molecule has 0 heterocycles. The second kappa shape index (κ2) is 3.22. The summed E-state index contributed by atoms with van der Waals surface area (Å²) >= 11 is 0. The minimum absolute atomic E-state index is 0.113. The fourth-order valence-electron chi connectivity index (χ4n) is 1.80. The van der Waals surface area contributed by atoms with Crippen LogP contribution in [0, 0.1) is 11.8 Å². The lowest BCUT2D eigenvalue weighted by atomic mass is 10.0. The van der Waals surface area contributed by atoms with Gasteiger partial charge in [-0.3, -0.25) is 4.79 Å². The van der Waals surface area contributed by atoms with Gasteiger partial charge in [-0.05, 0) is 18.8 Å². The van der Waals surface area contributed by atoms with Gasteiger partial charge in [0.05, 0.1) is 5.92 Å². The van der Waals surface area contributed by atoms with E-state index in [2.05, 4.69) is 6.92 Å². The molecule has 0 spiro atoms. The van der Waals surface area contributed by atoms with Crippen LogP contribution >= 0.6 is 0 Å². The maximum atomic E-state index is 10.6. The lowest BCUT2D eigenvalue weighted by Crippen LogP contribution is -2.30. The largest absolute Gasteiger partial charge is 0.481 e. The van der Waals surface area contributed by atoms with Gasteiger partial charge in [-0.25, -0.2) is 0 Å². The van der Waals surface area contributed by atoms with Crippen molar-refractivity contribution in [3.05, 3.63) is 0 Å². The lowest BCUT2D eigenvalue weighted by molar-refractivity contribution is -0.141. The monoisotopic (exact) mass is 157 g/mol. The molecule has 0 aromatic heterocycles. The van der Waals surface area contributed by atoms with E-state index >= 15 is 0 Å². The molecule has 0 saturated heterocycles. The Balaban J connectivity index is 2.51. The summed E-state index contributed by atoms with van der Waals surface area (Å²) in [4.78, 5) is 10.6. The third kappa shape index (κ3) is 1.71. The third-order valence-corrected chi connectivity index (χ3v) is 2.60. The zero-order valence-corrected chi connectivity index (χ0v) is 6.79. The molecule has 64 valence electrons. The normalized spacial score (nSPS) is 37.5. The highest BCUT2D eigenvalue weighted by molar-refractivity contribution is 5.71. The molecule has 0 unspecified atom stereocenters. The van der Waals surface area contributed by atoms with Crippen LogP contribution in [0.1, 0.15) is 26.2 Å². The summed E-state index contributed by atoms with van der Waals surface area (Å²) in [5, 5.41) is 8.72. The van der Waals surface area contributed by atoms with E-state index in [1.54, 1.807) is 0 Å². The van der Waals surface area contributed by atoms with Gasteiger partial charge in [-0.1, -0.05) is 13.3 Å². The Kier molecular flexibility index (Phi) is 2.49. The number of nitrogens with two attached hydrogens (primary N) is 1. The number of hydrogen-bond donors (Lipinski definition) is 2. The van der Waals surface area contributed by atoms with Crippen molar-refractivity contribution >= 4 is 5.97 Å². The van der Waals surface area contributed by atoms with Crippen molar-refractivity contribution in [3.8, 4) is 0 Å². The summed E-state index contributed by atoms with van der Waals surface area (Å²) in [6.45, 7) is 2.08. The van der Waals surface area contributed by atoms with Crippen LogP contribution in [0.25, 0.3) is 0 Å². The molecule has 1 fully saturated rings. The summed E-state index contributed by atoms with van der Waals surface area (Å²) in [6.07, 6.45) is 2.71. The molecule has 3 heteroatoms. The average Bonchev–Trinajstić information content (AvgIpc) is 2.30. The first-order valence-corrected chi connectivity index (χ1v) is 4.13. The van der Waals surface area contributed by atoms with E-state index < -0.39 is 5.97 Å². The standard InChI is InChI=1S/C8H15NO2/c1-2-5-3-6(8(10)11)7(9)4-5/h5-7H,2-4,9H2,1H3,(H,10,11)/t5-,6+,7-/m1/s1. The molecule has 1 rings (SSSR count). The summed E-state index contributed by atoms with van der Waals surface area (Å²) in [5.74, 6) is -0.487. The summed E-state index contributed by atoms with van der Waals surface area (Å²) in [6, 6.07) is -0.113. The minimum Gasteiger partial charge on any atom is -0.481 e. The van der Waals surface area contributed by atoms with Gasteiger partial charge in [0.1, 0.15) is 0 Å². The topological polar surface area (TPSA) is 63.3 Å². The van der Waals surface area contributed by atoms with Gasteiger partial charge in [-0.15, -0.1) is 0 Å². The van der Waals surface area contributed by atoms with E-state index in [1.165, 1.54) is 0 Å². The fraction of sp³-hybridized carbons (Fsp3) is 0.875. The first-order valence-electron chi connectivity index (χ1n) is 4.13. The van der Waals surface area contributed by atoms with Gasteiger partial charge in [0.25, 0.3) is 0 Å². The van der Waals surface area contributed by atoms with Gasteiger partial charge in [0, 0.05) is 6.04 Å². The first-order chi connectivity index (χ1) is 5.15. The van der Waals surface area contributed by atoms with Crippen molar-refractivity contribution in [2.24, 2.45) is 17.6 Å². The van der Waals surface area contributed by atoms with Gasteiger partial charge in [0.2, 0.25) is 0 Å². The molecular weight excluding hydrogens is 142 g/mol. The molecule has 1 aliphatic carbocycles. The molecular formula is C8H15NO2. The minimum atomic E-state index is -0.728. The molecule has 1 saturated carbocycles. The number of hydrogen-bond acceptors (Lipinski definition) is 2. The van der Waals surface area contributed by atoms with Crippen molar-refractivity contribution in [3.63, 3.8) is 0 Å². The molecule has 0 aromatic carbocycles. The average molecular weight is 157 g/mol. The van der Waals surface area contributed by atoms with Crippen LogP contribution in [-0.2, 0) is 4.79 Å². The molecule has 0 aromatic rings. The van der Waals surface area contributed by atoms with Crippen molar-refractivity contribution in [1.29, 1.82) is 0 Å². The first kappa shape index (κ1) is 8.53. The number of carbonyl (C=O) groups is 1. The maximum absolute atomic E-state index is 10.6. The van der Waals surface area contributed by atoms with E-state index in [0.29, 0.717) is 5.92 Å². The molecule has 0 radical (unpaired) electrons. The van der Waals surface area contributed by atoms with E-state index in [1.807, 2.05) is 0 Å². The van der Waals surface area contributed by atoms with Crippen LogP contribution in [0.2, 0.25) is 0 Å². The Morgan fingerprint density at radius 1 is 1.64 bits per heavy atom. The van der Waals surface area contributed by atoms with Crippen LogP contribution in [-0.4, -0.2) is 17.1 Å². The molecule has 0 bridgehead atoms. The Bertz CT molecular complexity index is 158. The predicted octanol–water partition coefficient (Wildman–Crippen LogP) is 0.834. The van der Waals surface area contributed by atoms with Crippen molar-refractivity contribution < 1.29 is 9.90 Å². The van der Waals surface area contributed by atoms with Gasteiger partial charge in [0.15, 0.2) is 0 Å². The van der Waals surface area contributed by atoms with E-state index in [0.717, 1.165) is 19.3 Å². The third-order valence-electron chi connectivity index (χ3n) is 2.60. The molecule has 1 aliphatic rings. The summed E-state index contributed by atoms with van der Waals surface area (Å²) < 4.78 is 0. The molecule has 11 heavy (non-hydrogen) atoms. The van der Waals surface area contributed by atoms with E-state index in [-0.39, 0.29) is 12.0 Å². The number of carboxylic acids is 1. The van der Waals surface area contributed by atoms with E-state index in [4.69, 9.17) is 10.8 Å². The predicted molar refractivity (Wildman–Crippen MR) is 42.1 cm³/mol. The van der Waals surface area contributed by atoms with Crippen LogP contribution in [0.5, 0.6) is 0 Å². The number of carboxylic acid groups (broad SMARTS) is 1. The Morgan fingerprint density at radius 2 is 2.27 bits per heavy atom. The van der Waals surface area contributed by atoms with Crippen LogP contribution in [0.15, 0.2) is 0 Å². The molecule has 3 nitrogen and oxygen atoms in total. The van der Waals surface area contributed by atoms with Crippen LogP contribution in [0.3, 0.4) is 0 Å². The molecule has 0 amide bonds. The van der Waals surface area contributed by atoms with E-state index in [9.17, 15) is 4.79 Å². The zero-order chi connectivity index (χ0) is 8.43. The Morgan fingerprint density at radius 3 is 2.55 bits per heavy atom. The van der Waals surface area contributed by atoms with Crippen molar-refractivity contribution in [1.82, 2.24) is 0 Å². The summed E-state index contributed by atoms with van der Waals surface area (Å²) in [7, 11) is 0. The van der Waals surface area contributed by atoms with Crippen LogP contribution in [0.4, 0.5) is 0 Å². The molecule has 0 aliphatic heterocycles. The fourth-order valence-corrected chi connectivity index (χ4v) is 1.80. The second-order valence-corrected chi connectivity index (χ2v) is 3.35. The molecule has 3 atom stereocenters. The highest BCUT2D eigenvalue weighted by atomic mass is 16.4. The Hall–Kier alpha value is -0.570. The smallest absolute Gasteiger partial charge is 0.308 e. The highest BCUT2D eigenvalue weighted by Crippen LogP contribution is 2.31. The lowest BCUT2D eigenvalue weighted by Gasteiger charge is -2.07. The quantitative estimate of drug-likeness (QED) is 0.624. The number of aliphatic carboxylic acids is 1. The number of rotatable bonds is 2. The molecule has 3 N–H and O–H groups in total. The van der Waals surface area contributed by atoms with Gasteiger partial charge in [-0.2, -0.15) is 0 Å². The zero-order valence-electron chi connectivity index (χ0n) is 6.79. The SMILES string of the molecule is CC[C@H]1C[C@@H](N)[C@@H](C(=O)O)C1. The van der Waals surface area contributed by atoms with Crippen molar-refractivity contribution in [2.45, 2.75) is 32.2 Å². The van der Waals surface area contributed by atoms with Gasteiger partial charge >= 0.3 is 5.97 Å². The summed E-state index contributed by atoms with van der Waals surface area (Å²) in [5.41, 5.74) is 5.67. The second-order valence-electron chi connectivity index (χ2n) is 3.35. The highest BCUT2D eigenvalue weighted by Gasteiger charge is 2.35. The van der Waals surface area contributed by atoms with Gasteiger partial charge < -0.3 is 10.8 Å².